The molecule has 0 saturated heterocycles. The maximum Gasteiger partial charge on any atom is 0.0372 e. The Balaban J connectivity index is 2.12. The number of benzene rings is 1. The van der Waals surface area contributed by atoms with Crippen molar-refractivity contribution in [1.82, 2.24) is 0 Å². The Kier molecular flexibility index (Phi) is 2.72. The van der Waals surface area contributed by atoms with Crippen LogP contribution in [0, 0.1) is 12.3 Å². The van der Waals surface area contributed by atoms with Crippen LogP contribution in [0.25, 0.3) is 0 Å². The van der Waals surface area contributed by atoms with Gasteiger partial charge < -0.3 is 5.32 Å². The molecule has 1 aromatic carbocycles. The molecule has 0 aliphatic heterocycles. The normalized spacial score (nSPS) is 24.1. The molecule has 0 heterocycles. The van der Waals surface area contributed by atoms with Gasteiger partial charge in [0, 0.05) is 11.7 Å². The van der Waals surface area contributed by atoms with E-state index in [1.807, 2.05) is 0 Å². The number of para-hydroxylation sites is 1. The SMILES string of the molecule is Cc1ccccc1NC1CCCC1(C)C. The van der Waals surface area contributed by atoms with Crippen LogP contribution in [0.2, 0.25) is 0 Å². The topological polar surface area (TPSA) is 12.0 Å². The molecule has 0 radical (unpaired) electrons. The molecule has 2 rings (SSSR count). The van der Waals surface area contributed by atoms with Crippen molar-refractivity contribution in [3.05, 3.63) is 29.8 Å². The smallest absolute Gasteiger partial charge is 0.0372 e. The lowest BCUT2D eigenvalue weighted by Gasteiger charge is -2.29. The second kappa shape index (κ2) is 3.88. The van der Waals surface area contributed by atoms with E-state index in [1.165, 1.54) is 30.5 Å². The number of aryl methyl sites for hydroxylation is 1. The maximum atomic E-state index is 3.70. The lowest BCUT2D eigenvalue weighted by Crippen LogP contribution is -2.31. The van der Waals surface area contributed by atoms with Crippen molar-refractivity contribution in [3.63, 3.8) is 0 Å². The van der Waals surface area contributed by atoms with Crippen molar-refractivity contribution in [3.8, 4) is 0 Å². The first-order valence-corrected chi connectivity index (χ1v) is 5.92. The molecule has 1 aromatic rings. The van der Waals surface area contributed by atoms with E-state index in [0.29, 0.717) is 11.5 Å². The van der Waals surface area contributed by atoms with Crippen LogP contribution in [0.15, 0.2) is 24.3 Å². The Morgan fingerprint density at radius 3 is 2.60 bits per heavy atom. The molecule has 1 unspecified atom stereocenters. The Morgan fingerprint density at radius 2 is 2.00 bits per heavy atom. The van der Waals surface area contributed by atoms with Crippen molar-refractivity contribution in [1.29, 1.82) is 0 Å². The third-order valence-corrected chi connectivity index (χ3v) is 3.73. The van der Waals surface area contributed by atoms with Crippen LogP contribution in [-0.2, 0) is 0 Å². The first kappa shape index (κ1) is 10.5. The highest BCUT2D eigenvalue weighted by Gasteiger charge is 2.34. The Bertz CT molecular complexity index is 341. The first-order valence-electron chi connectivity index (χ1n) is 5.92. The van der Waals surface area contributed by atoms with Crippen molar-refractivity contribution in [2.75, 3.05) is 5.32 Å². The van der Waals surface area contributed by atoms with Crippen LogP contribution in [0.5, 0.6) is 0 Å². The van der Waals surface area contributed by atoms with Gasteiger partial charge >= 0.3 is 0 Å². The van der Waals surface area contributed by atoms with Gasteiger partial charge in [-0.2, -0.15) is 0 Å². The molecule has 1 N–H and O–H groups in total. The van der Waals surface area contributed by atoms with E-state index in [1.54, 1.807) is 0 Å². The minimum Gasteiger partial charge on any atom is -0.382 e. The van der Waals surface area contributed by atoms with Gasteiger partial charge in [-0.15, -0.1) is 0 Å². The van der Waals surface area contributed by atoms with Gasteiger partial charge in [-0.3, -0.25) is 0 Å². The summed E-state index contributed by atoms with van der Waals surface area (Å²) >= 11 is 0. The summed E-state index contributed by atoms with van der Waals surface area (Å²) in [6, 6.07) is 9.20. The largest absolute Gasteiger partial charge is 0.382 e. The van der Waals surface area contributed by atoms with Gasteiger partial charge in [0.25, 0.3) is 0 Å². The number of hydrogen-bond donors (Lipinski definition) is 1. The van der Waals surface area contributed by atoms with Gasteiger partial charge in [0.1, 0.15) is 0 Å². The summed E-state index contributed by atoms with van der Waals surface area (Å²) in [7, 11) is 0. The van der Waals surface area contributed by atoms with Crippen LogP contribution in [0.4, 0.5) is 5.69 Å². The summed E-state index contributed by atoms with van der Waals surface area (Å²) in [5.74, 6) is 0. The van der Waals surface area contributed by atoms with Crippen LogP contribution < -0.4 is 5.32 Å². The van der Waals surface area contributed by atoms with Gasteiger partial charge in [-0.05, 0) is 36.8 Å². The van der Waals surface area contributed by atoms with E-state index in [4.69, 9.17) is 0 Å². The number of rotatable bonds is 2. The van der Waals surface area contributed by atoms with Gasteiger partial charge in [-0.1, -0.05) is 38.5 Å². The average Bonchev–Trinajstić information content (AvgIpc) is 2.50. The highest BCUT2D eigenvalue weighted by atomic mass is 14.9. The molecule has 1 heteroatoms. The molecule has 15 heavy (non-hydrogen) atoms. The molecule has 1 nitrogen and oxygen atoms in total. The molecule has 82 valence electrons. The number of anilines is 1. The molecule has 1 fully saturated rings. The van der Waals surface area contributed by atoms with Crippen LogP contribution in [0.1, 0.15) is 38.7 Å². The molecule has 1 atom stereocenters. The van der Waals surface area contributed by atoms with Crippen molar-refractivity contribution < 1.29 is 0 Å². The second-order valence-corrected chi connectivity index (χ2v) is 5.39. The van der Waals surface area contributed by atoms with Crippen LogP contribution in [0.3, 0.4) is 0 Å². The first-order chi connectivity index (χ1) is 7.09. The van der Waals surface area contributed by atoms with E-state index >= 15 is 0 Å². The van der Waals surface area contributed by atoms with Crippen LogP contribution >= 0.6 is 0 Å². The highest BCUT2D eigenvalue weighted by molar-refractivity contribution is 5.51. The van der Waals surface area contributed by atoms with Crippen molar-refractivity contribution >= 4 is 5.69 Å². The lowest BCUT2D eigenvalue weighted by molar-refractivity contribution is 0.350. The fourth-order valence-corrected chi connectivity index (χ4v) is 2.52. The second-order valence-electron chi connectivity index (χ2n) is 5.39. The molecule has 1 aliphatic carbocycles. The lowest BCUT2D eigenvalue weighted by atomic mass is 9.87. The van der Waals surface area contributed by atoms with Gasteiger partial charge in [0.15, 0.2) is 0 Å². The number of nitrogens with one attached hydrogen (secondary N) is 1. The fourth-order valence-electron chi connectivity index (χ4n) is 2.52. The Hall–Kier alpha value is -0.980. The van der Waals surface area contributed by atoms with Gasteiger partial charge in [0.2, 0.25) is 0 Å². The quantitative estimate of drug-likeness (QED) is 0.766. The summed E-state index contributed by atoms with van der Waals surface area (Å²) in [6.45, 7) is 6.91. The predicted octanol–water partition coefficient (Wildman–Crippen LogP) is 3.99. The summed E-state index contributed by atoms with van der Waals surface area (Å²) in [5, 5.41) is 3.70. The Morgan fingerprint density at radius 1 is 1.27 bits per heavy atom. The zero-order chi connectivity index (χ0) is 10.9. The minimum absolute atomic E-state index is 0.447. The molecular weight excluding hydrogens is 182 g/mol. The Labute approximate surface area is 92.9 Å². The van der Waals surface area contributed by atoms with E-state index < -0.39 is 0 Å². The average molecular weight is 203 g/mol. The fraction of sp³-hybridized carbons (Fsp3) is 0.571. The molecule has 0 amide bonds. The molecular formula is C14H21N. The van der Waals surface area contributed by atoms with Crippen molar-refractivity contribution in [2.24, 2.45) is 5.41 Å². The monoisotopic (exact) mass is 203 g/mol. The summed E-state index contributed by atoms with van der Waals surface area (Å²) in [5.41, 5.74) is 3.10. The molecule has 1 aliphatic rings. The summed E-state index contributed by atoms with van der Waals surface area (Å²) < 4.78 is 0. The summed E-state index contributed by atoms with van der Waals surface area (Å²) in [4.78, 5) is 0. The standard InChI is InChI=1S/C14H21N/c1-11-7-4-5-8-12(11)15-13-9-6-10-14(13,2)3/h4-5,7-8,13,15H,6,9-10H2,1-3H3. The van der Waals surface area contributed by atoms with E-state index in [9.17, 15) is 0 Å². The highest BCUT2D eigenvalue weighted by Crippen LogP contribution is 2.39. The third-order valence-electron chi connectivity index (χ3n) is 3.73. The van der Waals surface area contributed by atoms with E-state index in [2.05, 4.69) is 50.4 Å². The molecule has 0 bridgehead atoms. The zero-order valence-electron chi connectivity index (χ0n) is 10.0. The number of hydrogen-bond acceptors (Lipinski definition) is 1. The van der Waals surface area contributed by atoms with Gasteiger partial charge in [-0.25, -0.2) is 0 Å². The third kappa shape index (κ3) is 2.17. The molecule has 0 aromatic heterocycles. The van der Waals surface area contributed by atoms with Gasteiger partial charge in [0.05, 0.1) is 0 Å². The molecule has 0 spiro atoms. The maximum absolute atomic E-state index is 3.70. The summed E-state index contributed by atoms with van der Waals surface area (Å²) in [6.07, 6.45) is 4.01. The minimum atomic E-state index is 0.447. The van der Waals surface area contributed by atoms with Crippen LogP contribution in [-0.4, -0.2) is 6.04 Å². The van der Waals surface area contributed by atoms with E-state index in [0.717, 1.165) is 0 Å². The predicted molar refractivity (Wildman–Crippen MR) is 66.2 cm³/mol. The van der Waals surface area contributed by atoms with E-state index in [-0.39, 0.29) is 0 Å². The zero-order valence-corrected chi connectivity index (χ0v) is 10.0. The van der Waals surface area contributed by atoms with Crippen molar-refractivity contribution in [2.45, 2.75) is 46.1 Å². The molecule has 1 saturated carbocycles.